The molecule has 6 aromatic rings. The van der Waals surface area contributed by atoms with Crippen LogP contribution in [0.3, 0.4) is 0 Å². The standard InChI is InChI=1S/C29H20N2S/c1-19-18-26(22-13-6-5-12-21(22)20-10-3-2-4-11-20)31-29(30-19)25-16-9-15-24-23-14-7-8-17-27(23)32-28(24)25/h2-18H,1H3. The van der Waals surface area contributed by atoms with Crippen molar-refractivity contribution in [2.24, 2.45) is 0 Å². The molecule has 4 aromatic carbocycles. The maximum Gasteiger partial charge on any atom is 0.161 e. The Hall–Kier alpha value is -3.82. The maximum absolute atomic E-state index is 5.08. The van der Waals surface area contributed by atoms with Gasteiger partial charge >= 0.3 is 0 Å². The number of aryl methyl sites for hydroxylation is 1. The molecule has 0 bridgehead atoms. The molecule has 0 radical (unpaired) electrons. The van der Waals surface area contributed by atoms with Gasteiger partial charge in [-0.2, -0.15) is 0 Å². The van der Waals surface area contributed by atoms with E-state index in [4.69, 9.17) is 9.97 Å². The Bertz CT molecular complexity index is 1580. The van der Waals surface area contributed by atoms with Crippen LogP contribution in [0.1, 0.15) is 5.69 Å². The number of benzene rings is 4. The second-order valence-electron chi connectivity index (χ2n) is 7.91. The number of thiophene rings is 1. The van der Waals surface area contributed by atoms with E-state index in [2.05, 4.69) is 97.1 Å². The number of hydrogen-bond donors (Lipinski definition) is 0. The Morgan fingerprint density at radius 3 is 2.16 bits per heavy atom. The van der Waals surface area contributed by atoms with Crippen molar-refractivity contribution < 1.29 is 0 Å². The highest BCUT2D eigenvalue weighted by Gasteiger charge is 2.15. The van der Waals surface area contributed by atoms with Gasteiger partial charge in [-0.25, -0.2) is 9.97 Å². The van der Waals surface area contributed by atoms with Crippen LogP contribution in [-0.2, 0) is 0 Å². The van der Waals surface area contributed by atoms with E-state index in [9.17, 15) is 0 Å². The molecule has 0 unspecified atom stereocenters. The molecule has 0 spiro atoms. The van der Waals surface area contributed by atoms with Gasteiger partial charge in [-0.3, -0.25) is 0 Å². The van der Waals surface area contributed by atoms with E-state index in [0.29, 0.717) is 0 Å². The van der Waals surface area contributed by atoms with Gasteiger partial charge in [0.15, 0.2) is 5.82 Å². The zero-order valence-corrected chi connectivity index (χ0v) is 18.4. The summed E-state index contributed by atoms with van der Waals surface area (Å²) in [6.45, 7) is 2.05. The summed E-state index contributed by atoms with van der Waals surface area (Å²) in [5.74, 6) is 0.778. The highest BCUT2D eigenvalue weighted by atomic mass is 32.1. The zero-order chi connectivity index (χ0) is 21.5. The first-order valence-corrected chi connectivity index (χ1v) is 11.5. The van der Waals surface area contributed by atoms with Crippen molar-refractivity contribution in [3.63, 3.8) is 0 Å². The maximum atomic E-state index is 5.08. The van der Waals surface area contributed by atoms with Crippen molar-refractivity contribution in [3.05, 3.63) is 109 Å². The molecule has 152 valence electrons. The zero-order valence-electron chi connectivity index (χ0n) is 17.6. The van der Waals surface area contributed by atoms with Gasteiger partial charge in [0, 0.05) is 37.0 Å². The molecule has 2 nitrogen and oxygen atoms in total. The minimum atomic E-state index is 0.778. The second kappa shape index (κ2) is 7.70. The Kier molecular flexibility index (Phi) is 4.55. The van der Waals surface area contributed by atoms with Crippen LogP contribution in [0.2, 0.25) is 0 Å². The molecule has 0 atom stereocenters. The number of fused-ring (bicyclic) bond motifs is 3. The van der Waals surface area contributed by atoms with E-state index in [0.717, 1.165) is 28.3 Å². The molecule has 6 rings (SSSR count). The predicted octanol–water partition coefficient (Wildman–Crippen LogP) is 8.15. The topological polar surface area (TPSA) is 25.8 Å². The first-order valence-electron chi connectivity index (χ1n) is 10.7. The largest absolute Gasteiger partial charge is 0.233 e. The van der Waals surface area contributed by atoms with Crippen LogP contribution in [0.15, 0.2) is 103 Å². The van der Waals surface area contributed by atoms with Crippen LogP contribution in [0, 0.1) is 6.92 Å². The minimum absolute atomic E-state index is 0.778. The van der Waals surface area contributed by atoms with Crippen molar-refractivity contribution in [2.45, 2.75) is 6.92 Å². The fourth-order valence-electron chi connectivity index (χ4n) is 4.33. The first-order chi connectivity index (χ1) is 15.8. The molecule has 0 aliphatic carbocycles. The Morgan fingerprint density at radius 1 is 0.594 bits per heavy atom. The Labute approximate surface area is 190 Å². The molecule has 0 saturated carbocycles. The van der Waals surface area contributed by atoms with Gasteiger partial charge in [0.25, 0.3) is 0 Å². The van der Waals surface area contributed by atoms with Crippen molar-refractivity contribution in [2.75, 3.05) is 0 Å². The lowest BCUT2D eigenvalue weighted by Crippen LogP contribution is -1.96. The van der Waals surface area contributed by atoms with Gasteiger partial charge in [-0.1, -0.05) is 84.9 Å². The van der Waals surface area contributed by atoms with E-state index in [1.807, 2.05) is 24.3 Å². The minimum Gasteiger partial charge on any atom is -0.233 e. The van der Waals surface area contributed by atoms with E-state index in [1.165, 1.54) is 31.3 Å². The second-order valence-corrected chi connectivity index (χ2v) is 8.96. The van der Waals surface area contributed by atoms with Crippen LogP contribution in [0.4, 0.5) is 0 Å². The molecule has 0 aliphatic heterocycles. The lowest BCUT2D eigenvalue weighted by molar-refractivity contribution is 1.12. The normalized spacial score (nSPS) is 11.3. The summed E-state index contributed by atoms with van der Waals surface area (Å²) in [6.07, 6.45) is 0. The van der Waals surface area contributed by atoms with Gasteiger partial charge in [0.2, 0.25) is 0 Å². The molecule has 2 heterocycles. The average molecular weight is 429 g/mol. The predicted molar refractivity (Wildman–Crippen MR) is 136 cm³/mol. The first kappa shape index (κ1) is 18.9. The Balaban J connectivity index is 1.57. The van der Waals surface area contributed by atoms with Crippen LogP contribution < -0.4 is 0 Å². The fraction of sp³-hybridized carbons (Fsp3) is 0.0345. The highest BCUT2D eigenvalue weighted by Crippen LogP contribution is 2.39. The third kappa shape index (κ3) is 3.19. The summed E-state index contributed by atoms with van der Waals surface area (Å²) in [7, 11) is 0. The van der Waals surface area contributed by atoms with Gasteiger partial charge in [-0.05, 0) is 36.2 Å². The number of rotatable bonds is 3. The van der Waals surface area contributed by atoms with Crippen molar-refractivity contribution in [3.8, 4) is 33.8 Å². The van der Waals surface area contributed by atoms with E-state index in [1.54, 1.807) is 0 Å². The van der Waals surface area contributed by atoms with E-state index >= 15 is 0 Å². The molecule has 2 aromatic heterocycles. The van der Waals surface area contributed by atoms with Gasteiger partial charge < -0.3 is 0 Å². The van der Waals surface area contributed by atoms with Crippen molar-refractivity contribution in [1.29, 1.82) is 0 Å². The number of hydrogen-bond acceptors (Lipinski definition) is 3. The van der Waals surface area contributed by atoms with Crippen LogP contribution in [0.25, 0.3) is 53.9 Å². The van der Waals surface area contributed by atoms with Crippen LogP contribution in [0.5, 0.6) is 0 Å². The van der Waals surface area contributed by atoms with Crippen LogP contribution in [-0.4, -0.2) is 9.97 Å². The molecule has 0 aliphatic rings. The van der Waals surface area contributed by atoms with E-state index < -0.39 is 0 Å². The highest BCUT2D eigenvalue weighted by molar-refractivity contribution is 7.26. The summed E-state index contributed by atoms with van der Waals surface area (Å²) in [4.78, 5) is 9.92. The van der Waals surface area contributed by atoms with Gasteiger partial charge in [0.1, 0.15) is 0 Å². The molecular formula is C29H20N2S. The monoisotopic (exact) mass is 428 g/mol. The molecule has 0 N–H and O–H groups in total. The van der Waals surface area contributed by atoms with Gasteiger partial charge in [-0.15, -0.1) is 11.3 Å². The van der Waals surface area contributed by atoms with Crippen molar-refractivity contribution in [1.82, 2.24) is 9.97 Å². The third-order valence-corrected chi connectivity index (χ3v) is 7.01. The van der Waals surface area contributed by atoms with Gasteiger partial charge in [0.05, 0.1) is 5.69 Å². The summed E-state index contributed by atoms with van der Waals surface area (Å²) < 4.78 is 2.53. The third-order valence-electron chi connectivity index (χ3n) is 5.79. The lowest BCUT2D eigenvalue weighted by Gasteiger charge is -2.12. The number of nitrogens with zero attached hydrogens (tertiary/aromatic N) is 2. The Morgan fingerprint density at radius 2 is 1.28 bits per heavy atom. The van der Waals surface area contributed by atoms with E-state index in [-0.39, 0.29) is 0 Å². The summed E-state index contributed by atoms with van der Waals surface area (Å²) >= 11 is 1.81. The van der Waals surface area contributed by atoms with Crippen LogP contribution >= 0.6 is 11.3 Å². The molecule has 32 heavy (non-hydrogen) atoms. The summed E-state index contributed by atoms with van der Waals surface area (Å²) in [6, 6.07) is 36.0. The average Bonchev–Trinajstić information content (AvgIpc) is 3.23. The quantitative estimate of drug-likeness (QED) is 0.284. The summed E-state index contributed by atoms with van der Waals surface area (Å²) in [5.41, 5.74) is 6.49. The smallest absolute Gasteiger partial charge is 0.161 e. The summed E-state index contributed by atoms with van der Waals surface area (Å²) in [5, 5.41) is 2.55. The SMILES string of the molecule is Cc1cc(-c2ccccc2-c2ccccc2)nc(-c2cccc3c2sc2ccccc23)n1. The lowest BCUT2D eigenvalue weighted by atomic mass is 9.97. The molecule has 0 fully saturated rings. The molecule has 3 heteroatoms. The molecule has 0 saturated heterocycles. The van der Waals surface area contributed by atoms with Crippen molar-refractivity contribution >= 4 is 31.5 Å². The number of aromatic nitrogens is 2. The fourth-order valence-corrected chi connectivity index (χ4v) is 5.54. The molecule has 0 amide bonds. The molecular weight excluding hydrogens is 408 g/mol.